The van der Waals surface area contributed by atoms with Crippen molar-refractivity contribution in [2.75, 3.05) is 26.2 Å². The van der Waals surface area contributed by atoms with E-state index in [0.717, 1.165) is 55.2 Å². The fourth-order valence-corrected chi connectivity index (χ4v) is 4.32. The summed E-state index contributed by atoms with van der Waals surface area (Å²) in [5.41, 5.74) is 6.56. The highest BCUT2D eigenvalue weighted by molar-refractivity contribution is 6.05. The molecule has 0 saturated carbocycles. The van der Waals surface area contributed by atoms with Crippen molar-refractivity contribution in [2.45, 2.75) is 51.7 Å². The number of H-pyrrole nitrogens is 1. The van der Waals surface area contributed by atoms with Gasteiger partial charge in [-0.1, -0.05) is 18.2 Å². The largest absolute Gasteiger partial charge is 0.442 e. The lowest BCUT2D eigenvalue weighted by molar-refractivity contribution is 0.0603. The third-order valence-electron chi connectivity index (χ3n) is 5.88. The van der Waals surface area contributed by atoms with Gasteiger partial charge in [0.2, 0.25) is 0 Å². The standard InChI is InChI=1S/C24H33N7O3/c1-24(2,3)34-23(33)29-21(25)26-11-6-7-12-30-13-10-16(14-30)31-15-18-17-8-4-5-9-19(17)27-20(18)28-22(31)32/h4-5,8-9,15-16H,6-7,10-14H2,1-3H3,(H,27,28,32)(H3,25,26,29,33). The van der Waals surface area contributed by atoms with Gasteiger partial charge in [-0.15, -0.1) is 4.99 Å². The molecule has 0 radical (unpaired) electrons. The Kier molecular flexibility index (Phi) is 6.87. The number of carbonyl (C=O) groups excluding carboxylic acids is 1. The van der Waals surface area contributed by atoms with E-state index >= 15 is 0 Å². The molecular weight excluding hydrogens is 434 g/mol. The van der Waals surface area contributed by atoms with Crippen LogP contribution >= 0.6 is 0 Å². The predicted molar refractivity (Wildman–Crippen MR) is 133 cm³/mol. The monoisotopic (exact) mass is 467 g/mol. The zero-order valence-corrected chi connectivity index (χ0v) is 20.0. The van der Waals surface area contributed by atoms with Crippen LogP contribution in [0.2, 0.25) is 0 Å². The second kappa shape index (κ2) is 9.84. The number of carbonyl (C=O) groups is 1. The smallest absolute Gasteiger partial charge is 0.437 e. The number of benzene rings is 1. The molecule has 1 amide bonds. The minimum Gasteiger partial charge on any atom is -0.442 e. The average molecular weight is 468 g/mol. The summed E-state index contributed by atoms with van der Waals surface area (Å²) in [5, 5.41) is 5.00. The van der Waals surface area contributed by atoms with Crippen molar-refractivity contribution in [2.24, 2.45) is 10.7 Å². The molecule has 0 bridgehead atoms. The normalized spacial score (nSPS) is 17.5. The highest BCUT2D eigenvalue weighted by Gasteiger charge is 2.25. The van der Waals surface area contributed by atoms with Gasteiger partial charge >= 0.3 is 11.8 Å². The molecule has 1 aliphatic heterocycles. The lowest BCUT2D eigenvalue weighted by atomic mass is 10.2. The van der Waals surface area contributed by atoms with E-state index in [1.54, 1.807) is 25.3 Å². The third-order valence-corrected chi connectivity index (χ3v) is 5.88. The van der Waals surface area contributed by atoms with E-state index in [1.165, 1.54) is 0 Å². The lowest BCUT2D eigenvalue weighted by Gasteiger charge is -2.18. The van der Waals surface area contributed by atoms with Gasteiger partial charge in [0.15, 0.2) is 5.96 Å². The number of nitrogens with one attached hydrogen (secondary N) is 2. The molecule has 34 heavy (non-hydrogen) atoms. The number of unbranched alkanes of at least 4 members (excludes halogenated alkanes) is 1. The number of guanidine groups is 1. The number of hydrogen-bond donors (Lipinski definition) is 3. The maximum atomic E-state index is 12.7. The number of para-hydroxylation sites is 1. The van der Waals surface area contributed by atoms with Gasteiger partial charge in [-0.25, -0.2) is 9.59 Å². The van der Waals surface area contributed by atoms with Crippen molar-refractivity contribution in [3.8, 4) is 0 Å². The Morgan fingerprint density at radius 3 is 2.88 bits per heavy atom. The Morgan fingerprint density at radius 1 is 1.29 bits per heavy atom. The van der Waals surface area contributed by atoms with Crippen LogP contribution in [-0.4, -0.2) is 63.3 Å². The number of likely N-dealkylation sites (tertiary alicyclic amines) is 1. The molecule has 1 fully saturated rings. The van der Waals surface area contributed by atoms with E-state index in [2.05, 4.69) is 25.2 Å². The van der Waals surface area contributed by atoms with E-state index < -0.39 is 11.7 Å². The van der Waals surface area contributed by atoms with Crippen LogP contribution in [0.15, 0.2) is 40.2 Å². The quantitative estimate of drug-likeness (QED) is 0.289. The minimum atomic E-state index is -0.698. The molecule has 1 atom stereocenters. The Hall–Kier alpha value is -3.40. The highest BCUT2D eigenvalue weighted by Crippen LogP contribution is 2.25. The molecule has 1 aromatic carbocycles. The molecule has 3 heterocycles. The zero-order valence-electron chi connectivity index (χ0n) is 20.0. The number of fused-ring (bicyclic) bond motifs is 3. The summed E-state index contributed by atoms with van der Waals surface area (Å²) in [6.45, 7) is 8.65. The first kappa shape index (κ1) is 23.7. The second-order valence-corrected chi connectivity index (χ2v) is 9.72. The number of aromatic amines is 1. The second-order valence-electron chi connectivity index (χ2n) is 9.72. The summed E-state index contributed by atoms with van der Waals surface area (Å²) in [4.78, 5) is 37.9. The third kappa shape index (κ3) is 5.74. The Balaban J connectivity index is 1.26. The number of nitrogens with zero attached hydrogens (tertiary/aromatic N) is 4. The maximum absolute atomic E-state index is 12.7. The number of amides is 1. The van der Waals surface area contributed by atoms with E-state index in [1.807, 2.05) is 30.5 Å². The van der Waals surface area contributed by atoms with Gasteiger partial charge in [0, 0.05) is 42.1 Å². The molecule has 182 valence electrons. The molecule has 0 aliphatic carbocycles. The summed E-state index contributed by atoms with van der Waals surface area (Å²) < 4.78 is 6.90. The molecule has 4 N–H and O–H groups in total. The molecule has 1 aliphatic rings. The fraction of sp³-hybridized carbons (Fsp3) is 0.500. The molecule has 10 nitrogen and oxygen atoms in total. The minimum absolute atomic E-state index is 0.0648. The number of rotatable bonds is 6. The van der Waals surface area contributed by atoms with Gasteiger partial charge in [-0.05, 0) is 52.6 Å². The van der Waals surface area contributed by atoms with Crippen LogP contribution in [0.5, 0.6) is 0 Å². The average Bonchev–Trinajstić information content (AvgIpc) is 3.35. The van der Waals surface area contributed by atoms with Crippen LogP contribution in [0.4, 0.5) is 4.79 Å². The Bertz CT molecular complexity index is 1250. The van der Waals surface area contributed by atoms with Gasteiger partial charge in [0.25, 0.3) is 0 Å². The van der Waals surface area contributed by atoms with Crippen LogP contribution in [0.1, 0.15) is 46.1 Å². The number of nitrogens with two attached hydrogens (primary N) is 1. The van der Waals surface area contributed by atoms with Crippen molar-refractivity contribution in [1.82, 2.24) is 24.8 Å². The SMILES string of the molecule is CC(C)(C)OC(=O)/N=C(\N)NCCCCN1CCC(n2cc3c(nc2=O)[nH]c2ccccc23)C1. The van der Waals surface area contributed by atoms with Gasteiger partial charge in [0.05, 0.1) is 6.04 Å². The molecule has 1 unspecified atom stereocenters. The van der Waals surface area contributed by atoms with E-state index in [9.17, 15) is 9.59 Å². The maximum Gasteiger partial charge on any atom is 0.437 e. The Labute approximate surface area is 198 Å². The molecular formula is C24H33N7O3. The molecule has 0 spiro atoms. The van der Waals surface area contributed by atoms with Gasteiger partial charge in [-0.2, -0.15) is 4.98 Å². The van der Waals surface area contributed by atoms with E-state index in [0.29, 0.717) is 12.2 Å². The van der Waals surface area contributed by atoms with Crippen molar-refractivity contribution in [1.29, 1.82) is 0 Å². The molecule has 3 aromatic rings. The number of aliphatic imine (C=N–C) groups is 1. The van der Waals surface area contributed by atoms with Crippen molar-refractivity contribution in [3.05, 3.63) is 40.9 Å². The van der Waals surface area contributed by atoms with Gasteiger partial charge in [-0.3, -0.25) is 4.57 Å². The lowest BCUT2D eigenvalue weighted by Crippen LogP contribution is -2.34. The summed E-state index contributed by atoms with van der Waals surface area (Å²) in [7, 11) is 0. The number of aromatic nitrogens is 3. The van der Waals surface area contributed by atoms with Crippen molar-refractivity contribution in [3.63, 3.8) is 0 Å². The highest BCUT2D eigenvalue weighted by atomic mass is 16.6. The molecule has 1 saturated heterocycles. The first-order valence-corrected chi connectivity index (χ1v) is 11.7. The number of ether oxygens (including phenoxy) is 1. The van der Waals surface area contributed by atoms with E-state index in [4.69, 9.17) is 10.5 Å². The van der Waals surface area contributed by atoms with E-state index in [-0.39, 0.29) is 17.7 Å². The van der Waals surface area contributed by atoms with Crippen molar-refractivity contribution >= 4 is 34.0 Å². The summed E-state index contributed by atoms with van der Waals surface area (Å²) in [5.74, 6) is 0.0648. The van der Waals surface area contributed by atoms with Crippen LogP contribution in [-0.2, 0) is 4.74 Å². The molecule has 2 aromatic heterocycles. The molecule has 10 heteroatoms. The summed E-state index contributed by atoms with van der Waals surface area (Å²) in [6, 6.07) is 8.12. The van der Waals surface area contributed by atoms with Gasteiger partial charge < -0.3 is 25.7 Å². The van der Waals surface area contributed by atoms with Crippen LogP contribution in [0.25, 0.3) is 21.9 Å². The molecule has 4 rings (SSSR count). The van der Waals surface area contributed by atoms with Gasteiger partial charge in [0.1, 0.15) is 11.2 Å². The summed E-state index contributed by atoms with van der Waals surface area (Å²) in [6.07, 6.45) is 4.02. The zero-order chi connectivity index (χ0) is 24.3. The number of hydrogen-bond acceptors (Lipinski definition) is 5. The summed E-state index contributed by atoms with van der Waals surface area (Å²) >= 11 is 0. The topological polar surface area (TPSA) is 131 Å². The van der Waals surface area contributed by atoms with Crippen LogP contribution < -0.4 is 16.7 Å². The van der Waals surface area contributed by atoms with Crippen LogP contribution in [0.3, 0.4) is 0 Å². The first-order chi connectivity index (χ1) is 16.2. The Morgan fingerprint density at radius 2 is 2.09 bits per heavy atom. The fourth-order valence-electron chi connectivity index (χ4n) is 4.32. The predicted octanol–water partition coefficient (Wildman–Crippen LogP) is 2.74. The van der Waals surface area contributed by atoms with Crippen molar-refractivity contribution < 1.29 is 9.53 Å². The van der Waals surface area contributed by atoms with Crippen LogP contribution in [0, 0.1) is 0 Å². The first-order valence-electron chi connectivity index (χ1n) is 11.7.